The van der Waals surface area contributed by atoms with Crippen molar-refractivity contribution in [3.8, 4) is 24.2 Å². The van der Waals surface area contributed by atoms with E-state index >= 15 is 0 Å². The summed E-state index contributed by atoms with van der Waals surface area (Å²) in [6.07, 6.45) is 7.08. The highest BCUT2D eigenvalue weighted by molar-refractivity contribution is 5.28. The summed E-state index contributed by atoms with van der Waals surface area (Å²) in [6.45, 7) is 3.22. The van der Waals surface area contributed by atoms with Gasteiger partial charge in [0.05, 0.1) is 13.2 Å². The second kappa shape index (κ2) is 3.58. The molecule has 0 aliphatic carbocycles. The SMILES string of the molecule is C#CCN1C=C(C#CC)NC1. The topological polar surface area (TPSA) is 15.3 Å². The molecule has 1 aliphatic heterocycles. The molecule has 11 heavy (non-hydrogen) atoms. The Bertz CT molecular complexity index is 260. The first kappa shape index (κ1) is 7.57. The Labute approximate surface area is 67.3 Å². The second-order valence-electron chi connectivity index (χ2n) is 2.20. The molecule has 2 heteroatoms. The summed E-state index contributed by atoms with van der Waals surface area (Å²) in [5.74, 6) is 8.30. The molecular weight excluding hydrogens is 136 g/mol. The Morgan fingerprint density at radius 2 is 2.64 bits per heavy atom. The third kappa shape index (κ3) is 1.95. The van der Waals surface area contributed by atoms with Crippen LogP contribution in [0.15, 0.2) is 11.9 Å². The van der Waals surface area contributed by atoms with E-state index in [1.165, 1.54) is 0 Å². The normalized spacial score (nSPS) is 14.2. The lowest BCUT2D eigenvalue weighted by Gasteiger charge is -2.08. The molecule has 0 aromatic carbocycles. The zero-order chi connectivity index (χ0) is 8.10. The summed E-state index contributed by atoms with van der Waals surface area (Å²) in [5, 5.41) is 3.11. The first-order valence-electron chi connectivity index (χ1n) is 3.43. The van der Waals surface area contributed by atoms with Gasteiger partial charge in [0.1, 0.15) is 5.70 Å². The lowest BCUT2D eigenvalue weighted by molar-refractivity contribution is 0.438. The number of hydrogen-bond donors (Lipinski definition) is 1. The zero-order valence-corrected chi connectivity index (χ0v) is 6.52. The number of nitrogens with zero attached hydrogens (tertiary/aromatic N) is 1. The largest absolute Gasteiger partial charge is 0.360 e. The third-order valence-electron chi connectivity index (χ3n) is 1.34. The zero-order valence-electron chi connectivity index (χ0n) is 6.52. The number of nitrogens with one attached hydrogen (secondary N) is 1. The van der Waals surface area contributed by atoms with Gasteiger partial charge in [0, 0.05) is 6.20 Å². The molecule has 0 spiro atoms. The van der Waals surface area contributed by atoms with Crippen LogP contribution in [0.2, 0.25) is 0 Å². The van der Waals surface area contributed by atoms with Crippen LogP contribution in [-0.4, -0.2) is 18.1 Å². The van der Waals surface area contributed by atoms with Gasteiger partial charge in [-0.25, -0.2) is 0 Å². The average Bonchev–Trinajstić information content (AvgIpc) is 2.38. The molecule has 0 bridgehead atoms. The molecule has 0 unspecified atom stereocenters. The highest BCUT2D eigenvalue weighted by atomic mass is 15.3. The van der Waals surface area contributed by atoms with Gasteiger partial charge in [-0.15, -0.1) is 6.42 Å². The maximum Gasteiger partial charge on any atom is 0.103 e. The lowest BCUT2D eigenvalue weighted by Crippen LogP contribution is -2.21. The Balaban J connectivity index is 2.53. The smallest absolute Gasteiger partial charge is 0.103 e. The molecule has 2 nitrogen and oxygen atoms in total. The van der Waals surface area contributed by atoms with E-state index in [9.17, 15) is 0 Å². The molecule has 0 aromatic rings. The van der Waals surface area contributed by atoms with Gasteiger partial charge in [0.2, 0.25) is 0 Å². The van der Waals surface area contributed by atoms with Crippen LogP contribution < -0.4 is 5.32 Å². The van der Waals surface area contributed by atoms with Crippen molar-refractivity contribution in [2.24, 2.45) is 0 Å². The van der Waals surface area contributed by atoms with Crippen molar-refractivity contribution >= 4 is 0 Å². The van der Waals surface area contributed by atoms with Crippen molar-refractivity contribution < 1.29 is 0 Å². The predicted octanol–water partition coefficient (Wildman–Crippen LogP) is 0.347. The molecule has 56 valence electrons. The fourth-order valence-corrected chi connectivity index (χ4v) is 0.891. The first-order valence-corrected chi connectivity index (χ1v) is 3.43. The van der Waals surface area contributed by atoms with E-state index in [1.54, 1.807) is 0 Å². The molecule has 1 rings (SSSR count). The molecule has 1 heterocycles. The molecule has 0 saturated heterocycles. The van der Waals surface area contributed by atoms with Gasteiger partial charge in [-0.1, -0.05) is 11.8 Å². The van der Waals surface area contributed by atoms with Crippen LogP contribution in [0.1, 0.15) is 6.92 Å². The molecule has 1 aliphatic rings. The van der Waals surface area contributed by atoms with Crippen molar-refractivity contribution in [3.63, 3.8) is 0 Å². The van der Waals surface area contributed by atoms with Gasteiger partial charge >= 0.3 is 0 Å². The van der Waals surface area contributed by atoms with Gasteiger partial charge in [-0.3, -0.25) is 0 Å². The average molecular weight is 146 g/mol. The van der Waals surface area contributed by atoms with Crippen molar-refractivity contribution in [2.75, 3.05) is 13.2 Å². The standard InChI is InChI=1S/C9H10N2/c1-3-5-9-7-11(6-4-2)8-10-9/h2,7,10H,6,8H2,1H3. The fourth-order valence-electron chi connectivity index (χ4n) is 0.891. The highest BCUT2D eigenvalue weighted by Gasteiger charge is 2.06. The van der Waals surface area contributed by atoms with Gasteiger partial charge in [0.15, 0.2) is 0 Å². The van der Waals surface area contributed by atoms with Crippen LogP contribution >= 0.6 is 0 Å². The minimum absolute atomic E-state index is 0.641. The maximum atomic E-state index is 5.14. The van der Waals surface area contributed by atoms with Crippen LogP contribution in [0.25, 0.3) is 0 Å². The fraction of sp³-hybridized carbons (Fsp3) is 0.333. The van der Waals surface area contributed by atoms with Gasteiger partial charge < -0.3 is 10.2 Å². The monoisotopic (exact) mass is 146 g/mol. The number of hydrogen-bond acceptors (Lipinski definition) is 2. The van der Waals surface area contributed by atoms with E-state index < -0.39 is 0 Å². The van der Waals surface area contributed by atoms with E-state index in [2.05, 4.69) is 23.1 Å². The molecular formula is C9H10N2. The van der Waals surface area contributed by atoms with E-state index in [4.69, 9.17) is 6.42 Å². The van der Waals surface area contributed by atoms with Crippen molar-refractivity contribution in [2.45, 2.75) is 6.92 Å². The van der Waals surface area contributed by atoms with Crippen LogP contribution in [0.4, 0.5) is 0 Å². The van der Waals surface area contributed by atoms with Gasteiger partial charge in [0.25, 0.3) is 0 Å². The highest BCUT2D eigenvalue weighted by Crippen LogP contribution is 2.00. The lowest BCUT2D eigenvalue weighted by atomic mass is 10.5. The summed E-state index contributed by atoms with van der Waals surface area (Å²) in [4.78, 5) is 2.00. The van der Waals surface area contributed by atoms with Gasteiger partial charge in [-0.2, -0.15) is 0 Å². The number of rotatable bonds is 1. The maximum absolute atomic E-state index is 5.14. The Morgan fingerprint density at radius 1 is 1.82 bits per heavy atom. The summed E-state index contributed by atoms with van der Waals surface area (Å²) in [5.41, 5.74) is 0.947. The third-order valence-corrected chi connectivity index (χ3v) is 1.34. The Morgan fingerprint density at radius 3 is 3.27 bits per heavy atom. The van der Waals surface area contributed by atoms with Gasteiger partial charge in [-0.05, 0) is 12.8 Å². The summed E-state index contributed by atoms with van der Waals surface area (Å²) in [7, 11) is 0. The number of terminal acetylenes is 1. The minimum atomic E-state index is 0.641. The molecule has 0 radical (unpaired) electrons. The van der Waals surface area contributed by atoms with Crippen LogP contribution in [-0.2, 0) is 0 Å². The second-order valence-corrected chi connectivity index (χ2v) is 2.20. The Hall–Kier alpha value is -1.54. The van der Waals surface area contributed by atoms with E-state index in [0.717, 1.165) is 12.4 Å². The summed E-state index contributed by atoms with van der Waals surface area (Å²) < 4.78 is 0. The first-order chi connectivity index (χ1) is 5.36. The minimum Gasteiger partial charge on any atom is -0.360 e. The quantitative estimate of drug-likeness (QED) is 0.537. The summed E-state index contributed by atoms with van der Waals surface area (Å²) in [6, 6.07) is 0. The molecule has 0 saturated carbocycles. The Kier molecular flexibility index (Phi) is 2.47. The molecule has 0 fully saturated rings. The predicted molar refractivity (Wildman–Crippen MR) is 45.1 cm³/mol. The van der Waals surface area contributed by atoms with Crippen molar-refractivity contribution in [1.29, 1.82) is 0 Å². The van der Waals surface area contributed by atoms with Crippen molar-refractivity contribution in [3.05, 3.63) is 11.9 Å². The number of allylic oxidation sites excluding steroid dienone is 1. The van der Waals surface area contributed by atoms with E-state index in [-0.39, 0.29) is 0 Å². The molecule has 1 N–H and O–H groups in total. The molecule has 0 amide bonds. The van der Waals surface area contributed by atoms with Crippen molar-refractivity contribution in [1.82, 2.24) is 10.2 Å². The molecule has 0 atom stereocenters. The van der Waals surface area contributed by atoms with Crippen LogP contribution in [0.5, 0.6) is 0 Å². The summed E-state index contributed by atoms with van der Waals surface area (Å²) >= 11 is 0. The van der Waals surface area contributed by atoms with Crippen LogP contribution in [0, 0.1) is 24.2 Å². The van der Waals surface area contributed by atoms with E-state index in [0.29, 0.717) is 6.54 Å². The van der Waals surface area contributed by atoms with E-state index in [1.807, 2.05) is 18.0 Å². The van der Waals surface area contributed by atoms with Crippen LogP contribution in [0.3, 0.4) is 0 Å². The molecule has 0 aromatic heterocycles.